The standard InChI is InChI=1S/C7H6NOS/c9-7(10)8-6-4-2-1-3-5-6/h1-5H,(H,8,9). The lowest BCUT2D eigenvalue weighted by molar-refractivity contribution is 0.270. The van der Waals surface area contributed by atoms with Crippen LogP contribution >= 0.6 is 12.6 Å². The Morgan fingerprint density at radius 1 is 1.30 bits per heavy atom. The van der Waals surface area contributed by atoms with E-state index in [1.54, 1.807) is 12.1 Å². The predicted octanol–water partition coefficient (Wildman–Crippen LogP) is 2.42. The normalized spacial score (nSPS) is 8.80. The molecular formula is C7H6NOS. The molecule has 0 bridgehead atoms. The van der Waals surface area contributed by atoms with Crippen LogP contribution in [0.3, 0.4) is 0 Å². The van der Waals surface area contributed by atoms with Crippen molar-refractivity contribution in [1.82, 2.24) is 0 Å². The third-order valence-electron chi connectivity index (χ3n) is 1.02. The van der Waals surface area contributed by atoms with Crippen LogP contribution in [0.1, 0.15) is 0 Å². The van der Waals surface area contributed by atoms with Crippen molar-refractivity contribution in [2.24, 2.45) is 0 Å². The molecule has 0 aliphatic heterocycles. The van der Waals surface area contributed by atoms with E-state index in [1.807, 2.05) is 18.2 Å². The van der Waals surface area contributed by atoms with E-state index in [2.05, 4.69) is 17.9 Å². The van der Waals surface area contributed by atoms with Crippen LogP contribution < -0.4 is 5.32 Å². The van der Waals surface area contributed by atoms with Gasteiger partial charge in [0, 0.05) is 5.69 Å². The van der Waals surface area contributed by atoms with E-state index >= 15 is 0 Å². The predicted molar refractivity (Wildman–Crippen MR) is 43.1 cm³/mol. The highest BCUT2D eigenvalue weighted by Gasteiger charge is 1.92. The zero-order valence-electron chi connectivity index (χ0n) is 5.20. The Bertz CT molecular complexity index is 222. The Labute approximate surface area is 64.7 Å². The summed E-state index contributed by atoms with van der Waals surface area (Å²) in [7, 11) is 0. The number of anilines is 1. The number of carbonyl (C=O) groups excluding carboxylic acids is 1. The molecule has 0 aliphatic rings. The first-order chi connectivity index (χ1) is 4.79. The maximum absolute atomic E-state index is 10.3. The Morgan fingerprint density at radius 3 is 2.40 bits per heavy atom. The van der Waals surface area contributed by atoms with E-state index in [-0.39, 0.29) is 0 Å². The number of carbonyl (C=O) groups is 1. The molecule has 0 saturated heterocycles. The van der Waals surface area contributed by atoms with Crippen molar-refractivity contribution in [2.75, 3.05) is 5.32 Å². The minimum atomic E-state index is -0.453. The summed E-state index contributed by atoms with van der Waals surface area (Å²) in [4.78, 5) is 10.3. The van der Waals surface area contributed by atoms with Crippen LogP contribution in [0, 0.1) is 0 Å². The smallest absolute Gasteiger partial charge is 0.313 e. The van der Waals surface area contributed by atoms with Gasteiger partial charge in [0.25, 0.3) is 0 Å². The fourth-order valence-electron chi connectivity index (χ4n) is 0.639. The van der Waals surface area contributed by atoms with Crippen molar-refractivity contribution in [3.63, 3.8) is 0 Å². The zero-order valence-corrected chi connectivity index (χ0v) is 6.02. The van der Waals surface area contributed by atoms with E-state index < -0.39 is 5.24 Å². The van der Waals surface area contributed by atoms with Gasteiger partial charge in [0.15, 0.2) is 0 Å². The van der Waals surface area contributed by atoms with Crippen molar-refractivity contribution < 1.29 is 4.79 Å². The average molecular weight is 152 g/mol. The van der Waals surface area contributed by atoms with Crippen LogP contribution in [-0.2, 0) is 0 Å². The van der Waals surface area contributed by atoms with Crippen molar-refractivity contribution >= 4 is 23.6 Å². The third-order valence-corrected chi connectivity index (χ3v) is 1.12. The van der Waals surface area contributed by atoms with Gasteiger partial charge in [0.1, 0.15) is 0 Å². The third kappa shape index (κ3) is 2.03. The first kappa shape index (κ1) is 7.02. The highest BCUT2D eigenvalue weighted by atomic mass is 32.1. The van der Waals surface area contributed by atoms with Crippen LogP contribution in [0.2, 0.25) is 0 Å². The Morgan fingerprint density at radius 2 is 1.90 bits per heavy atom. The van der Waals surface area contributed by atoms with Gasteiger partial charge < -0.3 is 5.32 Å². The van der Waals surface area contributed by atoms with Gasteiger partial charge >= 0.3 is 5.24 Å². The number of hydrogen-bond acceptors (Lipinski definition) is 1. The van der Waals surface area contributed by atoms with Gasteiger partial charge in [-0.25, -0.2) is 0 Å². The van der Waals surface area contributed by atoms with E-state index in [9.17, 15) is 4.79 Å². The maximum atomic E-state index is 10.3. The summed E-state index contributed by atoms with van der Waals surface area (Å²) in [5.41, 5.74) is 0.738. The lowest BCUT2D eigenvalue weighted by atomic mass is 10.3. The molecule has 0 saturated carbocycles. The summed E-state index contributed by atoms with van der Waals surface area (Å²) in [5, 5.41) is 2.03. The fourth-order valence-corrected chi connectivity index (χ4v) is 0.757. The molecule has 1 radical (unpaired) electrons. The summed E-state index contributed by atoms with van der Waals surface area (Å²) < 4.78 is 0. The molecule has 0 aromatic heterocycles. The number of para-hydroxylation sites is 1. The highest BCUT2D eigenvalue weighted by molar-refractivity contribution is 7.96. The number of rotatable bonds is 1. The number of nitrogens with one attached hydrogen (secondary N) is 1. The molecule has 0 unspecified atom stereocenters. The van der Waals surface area contributed by atoms with Crippen LogP contribution in [-0.4, -0.2) is 5.24 Å². The van der Waals surface area contributed by atoms with Gasteiger partial charge in [-0.05, 0) is 24.8 Å². The second-order valence-corrected chi connectivity index (χ2v) is 2.15. The largest absolute Gasteiger partial charge is 0.314 e. The fraction of sp³-hybridized carbons (Fsp3) is 0. The molecule has 0 aliphatic carbocycles. The second kappa shape index (κ2) is 3.17. The SMILES string of the molecule is O=C([S])Nc1ccccc1. The van der Waals surface area contributed by atoms with Crippen LogP contribution in [0.15, 0.2) is 30.3 Å². The van der Waals surface area contributed by atoms with Gasteiger partial charge in [-0.15, -0.1) is 0 Å². The maximum Gasteiger partial charge on any atom is 0.314 e. The summed E-state index contributed by atoms with van der Waals surface area (Å²) in [6.07, 6.45) is 0. The Hall–Kier alpha value is -1.09. The monoisotopic (exact) mass is 152 g/mol. The zero-order chi connectivity index (χ0) is 7.40. The molecular weight excluding hydrogens is 146 g/mol. The molecule has 0 atom stereocenters. The van der Waals surface area contributed by atoms with Crippen LogP contribution in [0.4, 0.5) is 10.5 Å². The second-order valence-electron chi connectivity index (χ2n) is 1.78. The van der Waals surface area contributed by atoms with Gasteiger partial charge in [0.05, 0.1) is 0 Å². The number of amides is 1. The van der Waals surface area contributed by atoms with E-state index in [0.29, 0.717) is 0 Å². The summed E-state index contributed by atoms with van der Waals surface area (Å²) in [5.74, 6) is 0. The lowest BCUT2D eigenvalue weighted by Gasteiger charge is -1.96. The number of benzene rings is 1. The van der Waals surface area contributed by atoms with Gasteiger partial charge in [-0.3, -0.25) is 4.79 Å². The van der Waals surface area contributed by atoms with Gasteiger partial charge in [-0.1, -0.05) is 18.2 Å². The molecule has 1 N–H and O–H groups in total. The van der Waals surface area contributed by atoms with E-state index in [1.165, 1.54) is 0 Å². The Balaban J connectivity index is 2.67. The molecule has 0 spiro atoms. The highest BCUT2D eigenvalue weighted by Crippen LogP contribution is 2.05. The summed E-state index contributed by atoms with van der Waals surface area (Å²) >= 11 is 4.31. The topological polar surface area (TPSA) is 29.1 Å². The molecule has 1 aromatic rings. The van der Waals surface area contributed by atoms with Crippen LogP contribution in [0.25, 0.3) is 0 Å². The number of hydrogen-bond donors (Lipinski definition) is 1. The first-order valence-electron chi connectivity index (χ1n) is 2.82. The van der Waals surface area contributed by atoms with Gasteiger partial charge in [-0.2, -0.15) is 0 Å². The molecule has 1 rings (SSSR count). The molecule has 2 nitrogen and oxygen atoms in total. The first-order valence-corrected chi connectivity index (χ1v) is 3.23. The molecule has 10 heavy (non-hydrogen) atoms. The molecule has 1 aromatic carbocycles. The molecule has 1 amide bonds. The van der Waals surface area contributed by atoms with Crippen molar-refractivity contribution in [3.8, 4) is 0 Å². The minimum absolute atomic E-state index is 0.453. The molecule has 51 valence electrons. The molecule has 3 heteroatoms. The molecule has 0 fully saturated rings. The van der Waals surface area contributed by atoms with E-state index in [4.69, 9.17) is 0 Å². The van der Waals surface area contributed by atoms with Crippen molar-refractivity contribution in [2.45, 2.75) is 0 Å². The van der Waals surface area contributed by atoms with Crippen molar-refractivity contribution in [1.29, 1.82) is 0 Å². The summed E-state index contributed by atoms with van der Waals surface area (Å²) in [6, 6.07) is 9.11. The van der Waals surface area contributed by atoms with Gasteiger partial charge in [0.2, 0.25) is 0 Å². The average Bonchev–Trinajstić information content (AvgIpc) is 1.88. The van der Waals surface area contributed by atoms with Crippen molar-refractivity contribution in [3.05, 3.63) is 30.3 Å². The Kier molecular flexibility index (Phi) is 2.23. The summed E-state index contributed by atoms with van der Waals surface area (Å²) in [6.45, 7) is 0. The minimum Gasteiger partial charge on any atom is -0.313 e. The quantitative estimate of drug-likeness (QED) is 0.657. The lowest BCUT2D eigenvalue weighted by Crippen LogP contribution is -1.99. The van der Waals surface area contributed by atoms with Crippen LogP contribution in [0.5, 0.6) is 0 Å². The van der Waals surface area contributed by atoms with E-state index in [0.717, 1.165) is 5.69 Å². The molecule has 0 heterocycles.